The highest BCUT2D eigenvalue weighted by molar-refractivity contribution is 6.32. The Kier molecular flexibility index (Phi) is 11.3. The van der Waals surface area contributed by atoms with Gasteiger partial charge in [-0.1, -0.05) is 51.5 Å². The SMILES string of the molecule is C=CCNC(=O)C(=O)OCCCCCCCCC. The Morgan fingerprint density at radius 1 is 1.11 bits per heavy atom. The van der Waals surface area contributed by atoms with Crippen molar-refractivity contribution in [1.82, 2.24) is 5.32 Å². The van der Waals surface area contributed by atoms with Crippen LogP contribution in [0.2, 0.25) is 0 Å². The van der Waals surface area contributed by atoms with E-state index in [0.717, 1.165) is 12.8 Å². The predicted octanol–water partition coefficient (Wildman–Crippen LogP) is 2.58. The molecule has 0 rings (SSSR count). The molecule has 0 aromatic heterocycles. The van der Waals surface area contributed by atoms with Crippen LogP contribution < -0.4 is 5.32 Å². The van der Waals surface area contributed by atoms with Crippen LogP contribution in [-0.2, 0) is 14.3 Å². The smallest absolute Gasteiger partial charge is 0.396 e. The second kappa shape index (κ2) is 12.1. The normalized spacial score (nSPS) is 9.83. The molecule has 0 atom stereocenters. The van der Waals surface area contributed by atoms with Crippen molar-refractivity contribution in [3.63, 3.8) is 0 Å². The number of hydrogen-bond donors (Lipinski definition) is 1. The van der Waals surface area contributed by atoms with Gasteiger partial charge in [0.2, 0.25) is 0 Å². The zero-order chi connectivity index (χ0) is 13.6. The van der Waals surface area contributed by atoms with Crippen molar-refractivity contribution in [1.29, 1.82) is 0 Å². The van der Waals surface area contributed by atoms with Gasteiger partial charge in [0.15, 0.2) is 0 Å². The van der Waals surface area contributed by atoms with Crippen molar-refractivity contribution in [3.05, 3.63) is 12.7 Å². The maximum atomic E-state index is 11.2. The summed E-state index contributed by atoms with van der Waals surface area (Å²) in [6, 6.07) is 0. The van der Waals surface area contributed by atoms with Gasteiger partial charge in [0, 0.05) is 6.54 Å². The maximum Gasteiger partial charge on any atom is 0.396 e. The van der Waals surface area contributed by atoms with Crippen molar-refractivity contribution >= 4 is 11.9 Å². The van der Waals surface area contributed by atoms with E-state index in [1.807, 2.05) is 0 Å². The lowest BCUT2D eigenvalue weighted by Gasteiger charge is -2.04. The van der Waals surface area contributed by atoms with Gasteiger partial charge >= 0.3 is 11.9 Å². The lowest BCUT2D eigenvalue weighted by molar-refractivity contribution is -0.154. The molecular weight excluding hydrogens is 230 g/mol. The summed E-state index contributed by atoms with van der Waals surface area (Å²) in [4.78, 5) is 22.3. The number of ether oxygens (including phenoxy) is 1. The van der Waals surface area contributed by atoms with Crippen molar-refractivity contribution in [3.8, 4) is 0 Å². The molecule has 0 aliphatic heterocycles. The molecule has 0 unspecified atom stereocenters. The number of carbonyl (C=O) groups is 2. The van der Waals surface area contributed by atoms with Crippen LogP contribution in [0.5, 0.6) is 0 Å². The number of hydrogen-bond acceptors (Lipinski definition) is 3. The molecule has 0 radical (unpaired) electrons. The highest BCUT2D eigenvalue weighted by Gasteiger charge is 2.13. The number of unbranched alkanes of at least 4 members (excludes halogenated alkanes) is 6. The molecule has 1 N–H and O–H groups in total. The van der Waals surface area contributed by atoms with Crippen molar-refractivity contribution in [2.24, 2.45) is 0 Å². The zero-order valence-corrected chi connectivity index (χ0v) is 11.4. The van der Waals surface area contributed by atoms with E-state index in [4.69, 9.17) is 4.74 Å². The highest BCUT2D eigenvalue weighted by Crippen LogP contribution is 2.06. The number of amides is 1. The summed E-state index contributed by atoms with van der Waals surface area (Å²) in [5.74, 6) is -1.50. The van der Waals surface area contributed by atoms with Crippen LogP contribution in [0.15, 0.2) is 12.7 Å². The van der Waals surface area contributed by atoms with Crippen LogP contribution in [0.1, 0.15) is 51.9 Å². The van der Waals surface area contributed by atoms with E-state index in [2.05, 4.69) is 18.8 Å². The van der Waals surface area contributed by atoms with E-state index in [1.54, 1.807) is 0 Å². The fourth-order valence-electron chi connectivity index (χ4n) is 1.53. The largest absolute Gasteiger partial charge is 0.459 e. The minimum absolute atomic E-state index is 0.283. The van der Waals surface area contributed by atoms with E-state index >= 15 is 0 Å². The van der Waals surface area contributed by atoms with Gasteiger partial charge in [-0.2, -0.15) is 0 Å². The van der Waals surface area contributed by atoms with Crippen LogP contribution >= 0.6 is 0 Å². The van der Waals surface area contributed by atoms with E-state index in [-0.39, 0.29) is 6.54 Å². The molecule has 0 fully saturated rings. The molecule has 0 aliphatic rings. The first-order chi connectivity index (χ1) is 8.72. The first-order valence-electron chi connectivity index (χ1n) is 6.78. The van der Waals surface area contributed by atoms with Crippen molar-refractivity contribution in [2.45, 2.75) is 51.9 Å². The third kappa shape index (κ3) is 9.87. The van der Waals surface area contributed by atoms with Crippen LogP contribution in [0.25, 0.3) is 0 Å². The van der Waals surface area contributed by atoms with Gasteiger partial charge in [-0.15, -0.1) is 6.58 Å². The molecule has 0 saturated carbocycles. The second-order valence-corrected chi connectivity index (χ2v) is 4.26. The Bertz CT molecular complexity index is 251. The Morgan fingerprint density at radius 3 is 2.33 bits per heavy atom. The van der Waals surface area contributed by atoms with Gasteiger partial charge in [-0.25, -0.2) is 4.79 Å². The number of rotatable bonds is 10. The average molecular weight is 255 g/mol. The number of esters is 1. The standard InChI is InChI=1S/C14H25NO3/c1-3-5-6-7-8-9-10-12-18-14(17)13(16)15-11-4-2/h4H,2-3,5-12H2,1H3,(H,15,16). The lowest BCUT2D eigenvalue weighted by Crippen LogP contribution is -2.32. The quantitative estimate of drug-likeness (QED) is 0.282. The first kappa shape index (κ1) is 16.7. The minimum atomic E-state index is -0.803. The highest BCUT2D eigenvalue weighted by atomic mass is 16.5. The van der Waals surface area contributed by atoms with Gasteiger partial charge in [-0.3, -0.25) is 4.79 Å². The average Bonchev–Trinajstić information content (AvgIpc) is 2.38. The first-order valence-corrected chi connectivity index (χ1v) is 6.78. The van der Waals surface area contributed by atoms with Gasteiger partial charge in [0.1, 0.15) is 0 Å². The van der Waals surface area contributed by atoms with Crippen LogP contribution in [0.4, 0.5) is 0 Å². The molecule has 0 aromatic rings. The van der Waals surface area contributed by atoms with Gasteiger partial charge < -0.3 is 10.1 Å². The minimum Gasteiger partial charge on any atom is -0.459 e. The molecular formula is C14H25NO3. The second-order valence-electron chi connectivity index (χ2n) is 4.26. The monoisotopic (exact) mass is 255 g/mol. The molecule has 0 spiro atoms. The molecule has 104 valence electrons. The summed E-state index contributed by atoms with van der Waals surface area (Å²) >= 11 is 0. The fourth-order valence-corrected chi connectivity index (χ4v) is 1.53. The van der Waals surface area contributed by atoms with Crippen LogP contribution in [0.3, 0.4) is 0 Å². The molecule has 0 aliphatic carbocycles. The topological polar surface area (TPSA) is 55.4 Å². The Hall–Kier alpha value is -1.32. The molecule has 0 saturated heterocycles. The van der Waals surface area contributed by atoms with Gasteiger partial charge in [0.05, 0.1) is 6.61 Å². The summed E-state index contributed by atoms with van der Waals surface area (Å²) in [6.45, 7) is 6.24. The summed E-state index contributed by atoms with van der Waals surface area (Å²) in [5, 5.41) is 2.38. The third-order valence-corrected chi connectivity index (χ3v) is 2.57. The number of nitrogens with one attached hydrogen (secondary N) is 1. The van der Waals surface area contributed by atoms with E-state index in [0.29, 0.717) is 6.61 Å². The molecule has 0 bridgehead atoms. The van der Waals surface area contributed by atoms with Crippen molar-refractivity contribution < 1.29 is 14.3 Å². The summed E-state index contributed by atoms with van der Waals surface area (Å²) in [5.41, 5.74) is 0. The van der Waals surface area contributed by atoms with E-state index in [1.165, 1.54) is 38.2 Å². The fraction of sp³-hybridized carbons (Fsp3) is 0.714. The summed E-state index contributed by atoms with van der Waals surface area (Å²) in [6.07, 6.45) is 9.61. The van der Waals surface area contributed by atoms with Gasteiger partial charge in [0.25, 0.3) is 0 Å². The Labute approximate surface area is 110 Å². The van der Waals surface area contributed by atoms with Crippen molar-refractivity contribution in [2.75, 3.05) is 13.2 Å². The maximum absolute atomic E-state index is 11.2. The zero-order valence-electron chi connectivity index (χ0n) is 11.4. The predicted molar refractivity (Wildman–Crippen MR) is 72.2 cm³/mol. The summed E-state index contributed by atoms with van der Waals surface area (Å²) < 4.78 is 4.84. The lowest BCUT2D eigenvalue weighted by atomic mass is 10.1. The molecule has 1 amide bonds. The molecule has 0 aromatic carbocycles. The molecule has 4 nitrogen and oxygen atoms in total. The van der Waals surface area contributed by atoms with Gasteiger partial charge in [-0.05, 0) is 6.42 Å². The Morgan fingerprint density at radius 2 is 1.72 bits per heavy atom. The number of carbonyl (C=O) groups excluding carboxylic acids is 2. The molecule has 4 heteroatoms. The molecule has 18 heavy (non-hydrogen) atoms. The third-order valence-electron chi connectivity index (χ3n) is 2.57. The summed E-state index contributed by atoms with van der Waals surface area (Å²) in [7, 11) is 0. The van der Waals surface area contributed by atoms with E-state index in [9.17, 15) is 9.59 Å². The van der Waals surface area contributed by atoms with Crippen LogP contribution in [0, 0.1) is 0 Å². The molecule has 0 heterocycles. The Balaban J connectivity index is 3.34. The van der Waals surface area contributed by atoms with E-state index < -0.39 is 11.9 Å². The van der Waals surface area contributed by atoms with Crippen LogP contribution in [-0.4, -0.2) is 25.0 Å².